The van der Waals surface area contributed by atoms with E-state index >= 15 is 0 Å². The van der Waals surface area contributed by atoms with E-state index in [-0.39, 0.29) is 11.8 Å². The number of carbonyl (C=O) groups is 2. The van der Waals surface area contributed by atoms with Crippen LogP contribution < -0.4 is 0 Å². The monoisotopic (exact) mass is 345 g/mol. The molecular formula is C21H19N3O2. The standard InChI is InChI=1S/C21H19N3O2/c1-23(14-15-10-11-22-19-9-5-4-6-16(15)19)12-13-24-20(25)17-7-2-3-8-18(17)21(24)26/h2-11H,12-14H2,1H3. The molecule has 0 fully saturated rings. The van der Waals surface area contributed by atoms with Crippen LogP contribution in [0, 0.1) is 0 Å². The van der Waals surface area contributed by atoms with E-state index in [1.165, 1.54) is 10.5 Å². The van der Waals surface area contributed by atoms with Crippen LogP contribution in [-0.4, -0.2) is 46.7 Å². The molecule has 5 heteroatoms. The van der Waals surface area contributed by atoms with Gasteiger partial charge in [0, 0.05) is 31.2 Å². The van der Waals surface area contributed by atoms with Gasteiger partial charge in [-0.05, 0) is 36.9 Å². The highest BCUT2D eigenvalue weighted by Gasteiger charge is 2.34. The lowest BCUT2D eigenvalue weighted by Crippen LogP contribution is -2.36. The van der Waals surface area contributed by atoms with Gasteiger partial charge in [0.1, 0.15) is 0 Å². The summed E-state index contributed by atoms with van der Waals surface area (Å²) in [7, 11) is 1.99. The molecule has 0 saturated carbocycles. The Hall–Kier alpha value is -3.05. The summed E-state index contributed by atoms with van der Waals surface area (Å²) in [6.45, 7) is 1.72. The van der Waals surface area contributed by atoms with Gasteiger partial charge in [0.25, 0.3) is 11.8 Å². The molecule has 0 unspecified atom stereocenters. The summed E-state index contributed by atoms with van der Waals surface area (Å²) in [6, 6.07) is 17.1. The van der Waals surface area contributed by atoms with Crippen LogP contribution in [0.1, 0.15) is 26.3 Å². The maximum atomic E-state index is 12.4. The van der Waals surface area contributed by atoms with Gasteiger partial charge in [0.15, 0.2) is 0 Å². The van der Waals surface area contributed by atoms with Crippen LogP contribution in [0.4, 0.5) is 0 Å². The molecule has 2 aromatic carbocycles. The van der Waals surface area contributed by atoms with Gasteiger partial charge in [-0.15, -0.1) is 0 Å². The zero-order valence-corrected chi connectivity index (χ0v) is 14.6. The number of pyridine rings is 1. The predicted molar refractivity (Wildman–Crippen MR) is 99.9 cm³/mol. The Labute approximate surface area is 151 Å². The third-order valence-electron chi connectivity index (χ3n) is 4.76. The van der Waals surface area contributed by atoms with Gasteiger partial charge < -0.3 is 4.90 Å². The molecular weight excluding hydrogens is 326 g/mol. The van der Waals surface area contributed by atoms with E-state index in [1.54, 1.807) is 24.3 Å². The highest BCUT2D eigenvalue weighted by Crippen LogP contribution is 2.22. The number of hydrogen-bond donors (Lipinski definition) is 0. The minimum Gasteiger partial charge on any atom is -0.300 e. The van der Waals surface area contributed by atoms with Gasteiger partial charge in [-0.25, -0.2) is 0 Å². The molecule has 0 saturated heterocycles. The number of fused-ring (bicyclic) bond motifs is 2. The fourth-order valence-electron chi connectivity index (χ4n) is 3.38. The van der Waals surface area contributed by atoms with Crippen LogP contribution in [0.25, 0.3) is 10.9 Å². The number of nitrogens with zero attached hydrogens (tertiary/aromatic N) is 3. The van der Waals surface area contributed by atoms with Crippen molar-refractivity contribution in [2.45, 2.75) is 6.54 Å². The summed E-state index contributed by atoms with van der Waals surface area (Å²) < 4.78 is 0. The van der Waals surface area contributed by atoms with Crippen molar-refractivity contribution < 1.29 is 9.59 Å². The number of para-hydroxylation sites is 1. The molecule has 0 bridgehead atoms. The van der Waals surface area contributed by atoms with Gasteiger partial charge in [-0.2, -0.15) is 0 Å². The number of likely N-dealkylation sites (N-methyl/N-ethyl adjacent to an activating group) is 1. The molecule has 4 rings (SSSR count). The maximum Gasteiger partial charge on any atom is 0.261 e. The molecule has 1 aliphatic rings. The Balaban J connectivity index is 1.44. The fourth-order valence-corrected chi connectivity index (χ4v) is 3.38. The van der Waals surface area contributed by atoms with Crippen molar-refractivity contribution in [1.82, 2.24) is 14.8 Å². The topological polar surface area (TPSA) is 53.5 Å². The summed E-state index contributed by atoms with van der Waals surface area (Å²) in [5.41, 5.74) is 3.15. The molecule has 0 N–H and O–H groups in total. The summed E-state index contributed by atoms with van der Waals surface area (Å²) in [4.78, 5) is 32.7. The molecule has 0 radical (unpaired) electrons. The van der Waals surface area contributed by atoms with Gasteiger partial charge in [0.05, 0.1) is 16.6 Å². The smallest absolute Gasteiger partial charge is 0.261 e. The molecule has 26 heavy (non-hydrogen) atoms. The first-order valence-corrected chi connectivity index (χ1v) is 8.61. The highest BCUT2D eigenvalue weighted by atomic mass is 16.2. The first-order valence-electron chi connectivity index (χ1n) is 8.61. The van der Waals surface area contributed by atoms with Crippen LogP contribution in [0.2, 0.25) is 0 Å². The molecule has 130 valence electrons. The Morgan fingerprint density at radius 3 is 2.31 bits per heavy atom. The summed E-state index contributed by atoms with van der Waals surface area (Å²) in [5.74, 6) is -0.401. The summed E-state index contributed by atoms with van der Waals surface area (Å²) in [5, 5.41) is 1.13. The van der Waals surface area contributed by atoms with Crippen LogP contribution in [-0.2, 0) is 6.54 Å². The van der Waals surface area contributed by atoms with Crippen molar-refractivity contribution in [2.24, 2.45) is 0 Å². The molecule has 3 aromatic rings. The van der Waals surface area contributed by atoms with E-state index in [4.69, 9.17) is 0 Å². The lowest BCUT2D eigenvalue weighted by Gasteiger charge is -2.21. The minimum absolute atomic E-state index is 0.201. The molecule has 5 nitrogen and oxygen atoms in total. The van der Waals surface area contributed by atoms with E-state index in [1.807, 2.05) is 37.5 Å². The number of aromatic nitrogens is 1. The molecule has 2 heterocycles. The molecule has 0 atom stereocenters. The SMILES string of the molecule is CN(CCN1C(=O)c2ccccc2C1=O)Cc1ccnc2ccccc12. The second-order valence-corrected chi connectivity index (χ2v) is 6.53. The molecule has 1 aromatic heterocycles. The van der Waals surface area contributed by atoms with Gasteiger partial charge in [-0.1, -0.05) is 30.3 Å². The predicted octanol–water partition coefficient (Wildman–Crippen LogP) is 2.96. The van der Waals surface area contributed by atoms with Crippen molar-refractivity contribution in [3.05, 3.63) is 77.5 Å². The van der Waals surface area contributed by atoms with Crippen LogP contribution in [0.5, 0.6) is 0 Å². The largest absolute Gasteiger partial charge is 0.300 e. The van der Waals surface area contributed by atoms with E-state index in [2.05, 4.69) is 16.0 Å². The second-order valence-electron chi connectivity index (χ2n) is 6.53. The maximum absolute atomic E-state index is 12.4. The number of benzene rings is 2. The third kappa shape index (κ3) is 2.86. The molecule has 1 aliphatic heterocycles. The number of imide groups is 1. The lowest BCUT2D eigenvalue weighted by atomic mass is 10.1. The quantitative estimate of drug-likeness (QED) is 0.667. The first kappa shape index (κ1) is 16.4. The van der Waals surface area contributed by atoms with Crippen molar-refractivity contribution in [1.29, 1.82) is 0 Å². The van der Waals surface area contributed by atoms with Crippen molar-refractivity contribution in [3.8, 4) is 0 Å². The van der Waals surface area contributed by atoms with E-state index in [9.17, 15) is 9.59 Å². The second kappa shape index (κ2) is 6.69. The summed E-state index contributed by atoms with van der Waals surface area (Å²) >= 11 is 0. The molecule has 0 spiro atoms. The molecule has 2 amide bonds. The first-order chi connectivity index (χ1) is 12.6. The van der Waals surface area contributed by atoms with Crippen molar-refractivity contribution in [2.75, 3.05) is 20.1 Å². The zero-order chi connectivity index (χ0) is 18.1. The Morgan fingerprint density at radius 1 is 0.923 bits per heavy atom. The normalized spacial score (nSPS) is 13.7. The van der Waals surface area contributed by atoms with Crippen LogP contribution >= 0.6 is 0 Å². The number of hydrogen-bond acceptors (Lipinski definition) is 4. The van der Waals surface area contributed by atoms with E-state index in [0.717, 1.165) is 17.4 Å². The average molecular weight is 345 g/mol. The minimum atomic E-state index is -0.201. The average Bonchev–Trinajstić information content (AvgIpc) is 2.91. The number of carbonyl (C=O) groups excluding carboxylic acids is 2. The zero-order valence-electron chi connectivity index (χ0n) is 14.6. The Bertz CT molecular complexity index is 959. The Morgan fingerprint density at radius 2 is 1.58 bits per heavy atom. The van der Waals surface area contributed by atoms with Crippen LogP contribution in [0.3, 0.4) is 0 Å². The van der Waals surface area contributed by atoms with Gasteiger partial charge in [0.2, 0.25) is 0 Å². The number of amides is 2. The van der Waals surface area contributed by atoms with Crippen molar-refractivity contribution >= 4 is 22.7 Å². The van der Waals surface area contributed by atoms with Gasteiger partial charge in [-0.3, -0.25) is 19.5 Å². The van der Waals surface area contributed by atoms with Crippen molar-refractivity contribution in [3.63, 3.8) is 0 Å². The summed E-state index contributed by atoms with van der Waals surface area (Å²) in [6.07, 6.45) is 1.82. The van der Waals surface area contributed by atoms with E-state index < -0.39 is 0 Å². The molecule has 0 aliphatic carbocycles. The third-order valence-corrected chi connectivity index (χ3v) is 4.76. The Kier molecular flexibility index (Phi) is 4.22. The fraction of sp³-hybridized carbons (Fsp3) is 0.190. The van der Waals surface area contributed by atoms with Crippen LogP contribution in [0.15, 0.2) is 60.8 Å². The lowest BCUT2D eigenvalue weighted by molar-refractivity contribution is 0.0640. The highest BCUT2D eigenvalue weighted by molar-refractivity contribution is 6.21. The van der Waals surface area contributed by atoms with Gasteiger partial charge >= 0.3 is 0 Å². The number of rotatable bonds is 5. The van der Waals surface area contributed by atoms with E-state index in [0.29, 0.717) is 24.2 Å².